The molecular weight excluding hydrogens is 382 g/mol. The second-order valence-corrected chi connectivity index (χ2v) is 6.88. The summed E-state index contributed by atoms with van der Waals surface area (Å²) in [5, 5.41) is 12.2. The van der Waals surface area contributed by atoms with Crippen molar-refractivity contribution in [2.75, 3.05) is 25.5 Å². The molecule has 1 N–H and O–H groups in total. The standard InChI is InChI=1S/C20H19NO6S/c1-2-26-18(23)11-17-21(16(22)12-28-17)9-10-27-20(25)15-8-7-13-5-3-4-6-14(13)19(15)24/h3-8,11,24H,2,9-10,12H2,1H3/b17-11-. The SMILES string of the molecule is CCOC(=O)/C=C1\SCC(=O)N1CCOC(=O)c1ccc2ccccc2c1O. The maximum atomic E-state index is 12.3. The largest absolute Gasteiger partial charge is 0.506 e. The Bertz CT molecular complexity index is 955. The number of carbonyl (C=O) groups is 3. The summed E-state index contributed by atoms with van der Waals surface area (Å²) in [6, 6.07) is 10.4. The van der Waals surface area contributed by atoms with E-state index in [0.29, 0.717) is 10.4 Å². The van der Waals surface area contributed by atoms with Crippen molar-refractivity contribution in [3.8, 4) is 5.75 Å². The number of esters is 2. The summed E-state index contributed by atoms with van der Waals surface area (Å²) in [6.07, 6.45) is 1.26. The van der Waals surface area contributed by atoms with Crippen LogP contribution in [0.2, 0.25) is 0 Å². The molecule has 0 saturated carbocycles. The first-order valence-corrected chi connectivity index (χ1v) is 9.69. The molecule has 0 bridgehead atoms. The minimum atomic E-state index is -0.682. The van der Waals surface area contributed by atoms with E-state index in [1.807, 2.05) is 12.1 Å². The van der Waals surface area contributed by atoms with E-state index in [1.54, 1.807) is 25.1 Å². The quantitative estimate of drug-likeness (QED) is 0.588. The molecule has 0 aliphatic carbocycles. The smallest absolute Gasteiger partial charge is 0.341 e. The lowest BCUT2D eigenvalue weighted by atomic mass is 10.1. The van der Waals surface area contributed by atoms with Crippen LogP contribution in [0.4, 0.5) is 0 Å². The van der Waals surface area contributed by atoms with Crippen LogP contribution in [0.15, 0.2) is 47.5 Å². The molecule has 0 radical (unpaired) electrons. The van der Waals surface area contributed by atoms with Crippen LogP contribution < -0.4 is 0 Å². The van der Waals surface area contributed by atoms with E-state index >= 15 is 0 Å². The predicted molar refractivity (Wildman–Crippen MR) is 105 cm³/mol. The molecule has 28 heavy (non-hydrogen) atoms. The van der Waals surface area contributed by atoms with Gasteiger partial charge in [0.2, 0.25) is 5.91 Å². The highest BCUT2D eigenvalue weighted by Crippen LogP contribution is 2.30. The molecule has 3 rings (SSSR count). The molecule has 2 aromatic carbocycles. The fourth-order valence-corrected chi connectivity index (χ4v) is 3.74. The minimum absolute atomic E-state index is 0.0584. The van der Waals surface area contributed by atoms with Crippen LogP contribution in [0.1, 0.15) is 17.3 Å². The third kappa shape index (κ3) is 4.28. The number of aromatic hydroxyl groups is 1. The molecule has 1 saturated heterocycles. The molecular formula is C20H19NO6S. The zero-order valence-corrected chi connectivity index (χ0v) is 16.0. The first kappa shape index (κ1) is 19.8. The number of ether oxygens (including phenoxy) is 2. The Morgan fingerprint density at radius 3 is 2.79 bits per heavy atom. The van der Waals surface area contributed by atoms with Crippen LogP contribution in [0.5, 0.6) is 5.75 Å². The van der Waals surface area contributed by atoms with Crippen molar-refractivity contribution in [1.29, 1.82) is 0 Å². The fraction of sp³-hybridized carbons (Fsp3) is 0.250. The van der Waals surface area contributed by atoms with Gasteiger partial charge in [-0.25, -0.2) is 9.59 Å². The molecule has 0 spiro atoms. The highest BCUT2D eigenvalue weighted by atomic mass is 32.2. The van der Waals surface area contributed by atoms with Crippen LogP contribution in [0.3, 0.4) is 0 Å². The number of rotatable bonds is 6. The van der Waals surface area contributed by atoms with Gasteiger partial charge in [0.25, 0.3) is 0 Å². The van der Waals surface area contributed by atoms with E-state index in [9.17, 15) is 19.5 Å². The highest BCUT2D eigenvalue weighted by molar-refractivity contribution is 8.04. The zero-order chi connectivity index (χ0) is 20.1. The summed E-state index contributed by atoms with van der Waals surface area (Å²) in [6.45, 7) is 1.98. The normalized spacial score (nSPS) is 15.2. The second-order valence-electron chi connectivity index (χ2n) is 5.89. The summed E-state index contributed by atoms with van der Waals surface area (Å²) < 4.78 is 10.1. The summed E-state index contributed by atoms with van der Waals surface area (Å²) in [4.78, 5) is 37.3. The number of hydrogen-bond donors (Lipinski definition) is 1. The topological polar surface area (TPSA) is 93.1 Å². The monoisotopic (exact) mass is 401 g/mol. The van der Waals surface area contributed by atoms with Gasteiger partial charge in [0.05, 0.1) is 30.0 Å². The Morgan fingerprint density at radius 2 is 2.00 bits per heavy atom. The Morgan fingerprint density at radius 1 is 1.21 bits per heavy atom. The van der Waals surface area contributed by atoms with Gasteiger partial charge >= 0.3 is 11.9 Å². The zero-order valence-electron chi connectivity index (χ0n) is 15.2. The van der Waals surface area contributed by atoms with E-state index in [0.717, 1.165) is 5.39 Å². The van der Waals surface area contributed by atoms with Gasteiger partial charge < -0.3 is 19.5 Å². The highest BCUT2D eigenvalue weighted by Gasteiger charge is 2.27. The number of thioether (sulfide) groups is 1. The molecule has 146 valence electrons. The van der Waals surface area contributed by atoms with Crippen molar-refractivity contribution in [3.05, 3.63) is 53.1 Å². The lowest BCUT2D eigenvalue weighted by molar-refractivity contribution is -0.137. The Hall–Kier alpha value is -3.00. The number of amides is 1. The van der Waals surface area contributed by atoms with Gasteiger partial charge in [0, 0.05) is 5.39 Å². The van der Waals surface area contributed by atoms with E-state index in [1.165, 1.54) is 28.8 Å². The average molecular weight is 401 g/mol. The van der Waals surface area contributed by atoms with E-state index in [4.69, 9.17) is 9.47 Å². The van der Waals surface area contributed by atoms with Crippen molar-refractivity contribution < 1.29 is 29.0 Å². The second kappa shape index (κ2) is 8.79. The molecule has 0 aromatic heterocycles. The average Bonchev–Trinajstić information content (AvgIpc) is 3.02. The maximum Gasteiger partial charge on any atom is 0.341 e. The summed E-state index contributed by atoms with van der Waals surface area (Å²) in [5.74, 6) is -1.31. The number of phenolic OH excluding ortho intramolecular Hbond substituents is 1. The van der Waals surface area contributed by atoms with Crippen molar-refractivity contribution in [2.45, 2.75) is 6.92 Å². The summed E-state index contributed by atoms with van der Waals surface area (Å²) >= 11 is 1.23. The molecule has 2 aromatic rings. The Labute approximate surface area is 165 Å². The van der Waals surface area contributed by atoms with E-state index < -0.39 is 11.9 Å². The Kier molecular flexibility index (Phi) is 6.20. The van der Waals surface area contributed by atoms with Crippen molar-refractivity contribution in [1.82, 2.24) is 4.90 Å². The van der Waals surface area contributed by atoms with Gasteiger partial charge in [-0.05, 0) is 18.4 Å². The van der Waals surface area contributed by atoms with Crippen molar-refractivity contribution in [3.63, 3.8) is 0 Å². The predicted octanol–water partition coefficient (Wildman–Crippen LogP) is 2.68. The van der Waals surface area contributed by atoms with Crippen LogP contribution in [-0.4, -0.2) is 53.4 Å². The molecule has 1 heterocycles. The van der Waals surface area contributed by atoms with Crippen molar-refractivity contribution >= 4 is 40.4 Å². The summed E-state index contributed by atoms with van der Waals surface area (Å²) in [7, 11) is 0. The molecule has 1 fully saturated rings. The lowest BCUT2D eigenvalue weighted by Gasteiger charge is -2.17. The molecule has 0 unspecified atom stereocenters. The van der Waals surface area contributed by atoms with Crippen LogP contribution in [0.25, 0.3) is 10.8 Å². The lowest BCUT2D eigenvalue weighted by Crippen LogP contribution is -2.29. The maximum absolute atomic E-state index is 12.3. The summed E-state index contributed by atoms with van der Waals surface area (Å²) in [5.41, 5.74) is 0.0584. The van der Waals surface area contributed by atoms with Gasteiger partial charge in [-0.2, -0.15) is 0 Å². The number of fused-ring (bicyclic) bond motifs is 1. The molecule has 1 aliphatic rings. The molecule has 1 aliphatic heterocycles. The van der Waals surface area contributed by atoms with Crippen LogP contribution >= 0.6 is 11.8 Å². The third-order valence-electron chi connectivity index (χ3n) is 4.11. The Balaban J connectivity index is 1.64. The number of carbonyl (C=O) groups excluding carboxylic acids is 3. The van der Waals surface area contributed by atoms with Crippen LogP contribution in [0, 0.1) is 0 Å². The fourth-order valence-electron chi connectivity index (χ4n) is 2.78. The molecule has 1 amide bonds. The first-order valence-electron chi connectivity index (χ1n) is 8.70. The van der Waals surface area contributed by atoms with Crippen molar-refractivity contribution in [2.24, 2.45) is 0 Å². The first-order chi connectivity index (χ1) is 13.5. The number of benzene rings is 2. The number of nitrogens with zero attached hydrogens (tertiary/aromatic N) is 1. The van der Waals surface area contributed by atoms with E-state index in [2.05, 4.69) is 0 Å². The number of hydrogen-bond acceptors (Lipinski definition) is 7. The minimum Gasteiger partial charge on any atom is -0.506 e. The molecule has 0 atom stereocenters. The van der Waals surface area contributed by atoms with Gasteiger partial charge in [-0.1, -0.05) is 42.1 Å². The van der Waals surface area contributed by atoms with Gasteiger partial charge in [-0.3, -0.25) is 4.79 Å². The van der Waals surface area contributed by atoms with Gasteiger partial charge in [0.1, 0.15) is 17.9 Å². The van der Waals surface area contributed by atoms with E-state index in [-0.39, 0.29) is 42.7 Å². The van der Waals surface area contributed by atoms with Gasteiger partial charge in [-0.15, -0.1) is 0 Å². The van der Waals surface area contributed by atoms with Crippen LogP contribution in [-0.2, 0) is 19.1 Å². The third-order valence-corrected chi connectivity index (χ3v) is 5.13. The number of phenols is 1. The molecule has 7 nitrogen and oxygen atoms in total. The van der Waals surface area contributed by atoms with Gasteiger partial charge in [0.15, 0.2) is 0 Å². The molecule has 8 heteroatoms.